The predicted octanol–water partition coefficient (Wildman–Crippen LogP) is 2.44. The molecule has 25 heavy (non-hydrogen) atoms. The molecule has 1 amide bonds. The van der Waals surface area contributed by atoms with Crippen LogP contribution < -0.4 is 16.4 Å². The van der Waals surface area contributed by atoms with Crippen LogP contribution in [-0.4, -0.2) is 30.4 Å². The fraction of sp³-hybridized carbons (Fsp3) is 0.389. The molecule has 0 aliphatic rings. The summed E-state index contributed by atoms with van der Waals surface area (Å²) in [6, 6.07) is 5.05. The molecule has 0 saturated carbocycles. The maximum atomic E-state index is 12.5. The molecular weight excluding hydrogens is 320 g/mol. The average molecular weight is 344 g/mol. The van der Waals surface area contributed by atoms with E-state index in [9.17, 15) is 9.59 Å². The summed E-state index contributed by atoms with van der Waals surface area (Å²) in [5.74, 6) is 0.525. The highest BCUT2D eigenvalue weighted by atomic mass is 16.5. The van der Waals surface area contributed by atoms with Gasteiger partial charge in [-0.2, -0.15) is 0 Å². The van der Waals surface area contributed by atoms with E-state index in [4.69, 9.17) is 10.3 Å². The maximum Gasteiger partial charge on any atom is 0.241 e. The number of unbranched alkanes of at least 4 members (excludes halogenated alkanes) is 1. The van der Waals surface area contributed by atoms with E-state index in [0.717, 1.165) is 23.1 Å². The Labute approximate surface area is 147 Å². The smallest absolute Gasteiger partial charge is 0.241 e. The zero-order valence-electron chi connectivity index (χ0n) is 14.8. The molecule has 7 nitrogen and oxygen atoms in total. The van der Waals surface area contributed by atoms with Crippen molar-refractivity contribution in [3.63, 3.8) is 0 Å². The Balaban J connectivity index is 2.20. The van der Waals surface area contributed by atoms with Crippen molar-refractivity contribution in [1.29, 1.82) is 0 Å². The first kappa shape index (κ1) is 18.7. The lowest BCUT2D eigenvalue weighted by Crippen LogP contribution is -2.38. The van der Waals surface area contributed by atoms with Crippen LogP contribution in [0.15, 0.2) is 22.7 Å². The number of carbonyl (C=O) groups is 2. The molecule has 1 aromatic heterocycles. The number of hydrogen-bond acceptors (Lipinski definition) is 6. The molecule has 1 atom stereocenters. The quantitative estimate of drug-likeness (QED) is 0.385. The molecule has 7 heteroatoms. The number of nitrogens with zero attached hydrogens (tertiary/aromatic N) is 1. The summed E-state index contributed by atoms with van der Waals surface area (Å²) in [5.41, 5.74) is 9.58. The van der Waals surface area contributed by atoms with Crippen molar-refractivity contribution >= 4 is 23.6 Å². The highest BCUT2D eigenvalue weighted by Gasteiger charge is 2.18. The van der Waals surface area contributed by atoms with Crippen LogP contribution in [0.25, 0.3) is 11.1 Å². The number of hydrogen-bond donors (Lipinski definition) is 3. The summed E-state index contributed by atoms with van der Waals surface area (Å²) in [4.78, 5) is 22.9. The van der Waals surface area contributed by atoms with Crippen LogP contribution >= 0.6 is 0 Å². The third-order valence-corrected chi connectivity index (χ3v) is 4.11. The molecule has 1 aromatic carbocycles. The Bertz CT molecular complexity index is 735. The third kappa shape index (κ3) is 4.45. The Morgan fingerprint density at radius 3 is 2.76 bits per heavy atom. The molecule has 0 fully saturated rings. The van der Waals surface area contributed by atoms with Gasteiger partial charge in [0.2, 0.25) is 5.91 Å². The number of benzene rings is 1. The highest BCUT2D eigenvalue weighted by molar-refractivity contribution is 5.98. The third-order valence-electron chi connectivity index (χ3n) is 4.11. The zero-order chi connectivity index (χ0) is 18.4. The fourth-order valence-electron chi connectivity index (χ4n) is 2.75. The Kier molecular flexibility index (Phi) is 6.30. The second-order valence-electron chi connectivity index (χ2n) is 5.93. The van der Waals surface area contributed by atoms with Gasteiger partial charge in [0.25, 0.3) is 0 Å². The largest absolute Gasteiger partial charge is 0.397 e. The van der Waals surface area contributed by atoms with Crippen LogP contribution in [0.1, 0.15) is 30.7 Å². The summed E-state index contributed by atoms with van der Waals surface area (Å²) >= 11 is 0. The number of anilines is 2. The van der Waals surface area contributed by atoms with Crippen LogP contribution in [0.4, 0.5) is 11.4 Å². The van der Waals surface area contributed by atoms with Crippen LogP contribution in [0.5, 0.6) is 0 Å². The number of nitrogen functional groups attached to an aromatic ring is 1. The number of rotatable bonds is 8. The molecule has 0 saturated heterocycles. The Morgan fingerprint density at radius 1 is 1.40 bits per heavy atom. The summed E-state index contributed by atoms with van der Waals surface area (Å²) in [7, 11) is 1.72. The van der Waals surface area contributed by atoms with Gasteiger partial charge in [-0.05, 0) is 51.4 Å². The van der Waals surface area contributed by atoms with Crippen molar-refractivity contribution in [2.75, 3.05) is 18.1 Å². The lowest BCUT2D eigenvalue weighted by atomic mass is 10.0. The zero-order valence-corrected chi connectivity index (χ0v) is 14.8. The molecule has 0 radical (unpaired) electrons. The first-order valence-electron chi connectivity index (χ1n) is 8.22. The van der Waals surface area contributed by atoms with Gasteiger partial charge in [0.1, 0.15) is 12.0 Å². The van der Waals surface area contributed by atoms with Gasteiger partial charge in [-0.1, -0.05) is 11.2 Å². The molecule has 1 heterocycles. The first-order chi connectivity index (χ1) is 12.0. The molecule has 4 N–H and O–H groups in total. The maximum absolute atomic E-state index is 12.5. The normalized spacial score (nSPS) is 12.0. The van der Waals surface area contributed by atoms with Gasteiger partial charge < -0.3 is 25.7 Å². The molecule has 0 aliphatic heterocycles. The lowest BCUT2D eigenvalue weighted by Gasteiger charge is -2.17. The van der Waals surface area contributed by atoms with Gasteiger partial charge in [0.05, 0.1) is 23.1 Å². The summed E-state index contributed by atoms with van der Waals surface area (Å²) in [5, 5.41) is 9.79. The van der Waals surface area contributed by atoms with Crippen LogP contribution in [0.3, 0.4) is 0 Å². The molecule has 2 aromatic rings. The van der Waals surface area contributed by atoms with E-state index in [1.807, 2.05) is 26.0 Å². The van der Waals surface area contributed by atoms with Crippen molar-refractivity contribution in [2.24, 2.45) is 0 Å². The first-order valence-corrected chi connectivity index (χ1v) is 8.22. The van der Waals surface area contributed by atoms with E-state index >= 15 is 0 Å². The summed E-state index contributed by atoms with van der Waals surface area (Å²) in [6.45, 7) is 3.71. The minimum Gasteiger partial charge on any atom is -0.397 e. The van der Waals surface area contributed by atoms with Crippen molar-refractivity contribution in [1.82, 2.24) is 10.5 Å². The van der Waals surface area contributed by atoms with Gasteiger partial charge in [-0.15, -0.1) is 0 Å². The van der Waals surface area contributed by atoms with E-state index in [0.29, 0.717) is 36.4 Å². The van der Waals surface area contributed by atoms with E-state index < -0.39 is 0 Å². The number of likely N-dealkylation sites (N-methyl/N-ethyl adjacent to an activating group) is 1. The van der Waals surface area contributed by atoms with Crippen molar-refractivity contribution < 1.29 is 14.1 Å². The highest BCUT2D eigenvalue weighted by Crippen LogP contribution is 2.31. The monoisotopic (exact) mass is 344 g/mol. The number of nitrogens with two attached hydrogens (primary N) is 1. The van der Waals surface area contributed by atoms with Crippen molar-refractivity contribution in [3.05, 3.63) is 29.7 Å². The van der Waals surface area contributed by atoms with E-state index in [2.05, 4.69) is 15.8 Å². The molecule has 2 rings (SSSR count). The number of carbonyl (C=O) groups excluding carboxylic acids is 2. The predicted molar refractivity (Wildman–Crippen MR) is 97.2 cm³/mol. The van der Waals surface area contributed by atoms with Gasteiger partial charge in [0.15, 0.2) is 0 Å². The Hall–Kier alpha value is -2.67. The number of aldehydes is 1. The number of aromatic nitrogens is 1. The minimum absolute atomic E-state index is 0.184. The molecule has 0 bridgehead atoms. The van der Waals surface area contributed by atoms with Crippen LogP contribution in [0, 0.1) is 13.8 Å². The molecule has 134 valence electrons. The molecule has 0 aliphatic carbocycles. The average Bonchev–Trinajstić information content (AvgIpc) is 2.92. The number of amides is 1. The van der Waals surface area contributed by atoms with Crippen molar-refractivity contribution in [2.45, 2.75) is 39.2 Å². The van der Waals surface area contributed by atoms with Crippen molar-refractivity contribution in [3.8, 4) is 11.1 Å². The van der Waals surface area contributed by atoms with Gasteiger partial charge in [0, 0.05) is 12.0 Å². The number of aryl methyl sites for hydroxylation is 2. The number of nitrogens with one attached hydrogen (secondary N) is 2. The van der Waals surface area contributed by atoms with E-state index in [-0.39, 0.29) is 11.9 Å². The standard InChI is InChI=1S/C18H24N4O3/c1-11-17(12(2)25-22-11)13-7-8-14(19)16(10-13)21-18(24)15(20-3)6-4-5-9-23/h7-10,15,20H,4-6,19H2,1-3H3,(H,21,24). The molecular formula is C18H24N4O3. The SMILES string of the molecule is CNC(CCCC=O)C(=O)Nc1cc(-c2c(C)noc2C)ccc1N. The van der Waals surface area contributed by atoms with Crippen LogP contribution in [-0.2, 0) is 9.59 Å². The minimum atomic E-state index is -0.387. The van der Waals surface area contributed by atoms with E-state index in [1.54, 1.807) is 13.1 Å². The topological polar surface area (TPSA) is 110 Å². The van der Waals surface area contributed by atoms with Gasteiger partial charge in [-0.3, -0.25) is 4.79 Å². The van der Waals surface area contributed by atoms with Gasteiger partial charge >= 0.3 is 0 Å². The second kappa shape index (κ2) is 8.43. The molecule has 1 unspecified atom stereocenters. The van der Waals surface area contributed by atoms with E-state index in [1.165, 1.54) is 0 Å². The van der Waals surface area contributed by atoms with Crippen LogP contribution in [0.2, 0.25) is 0 Å². The molecule has 0 spiro atoms. The summed E-state index contributed by atoms with van der Waals surface area (Å²) in [6.07, 6.45) is 2.52. The fourth-order valence-corrected chi connectivity index (χ4v) is 2.75. The lowest BCUT2D eigenvalue weighted by molar-refractivity contribution is -0.118. The summed E-state index contributed by atoms with van der Waals surface area (Å²) < 4.78 is 5.20. The Morgan fingerprint density at radius 2 is 2.16 bits per heavy atom. The second-order valence-corrected chi connectivity index (χ2v) is 5.93. The van der Waals surface area contributed by atoms with Gasteiger partial charge in [-0.25, -0.2) is 0 Å².